The number of halogens is 1. The average Bonchev–Trinajstić information content (AvgIpc) is 2.89. The summed E-state index contributed by atoms with van der Waals surface area (Å²) in [7, 11) is 1.85. The number of rotatable bonds is 2. The Morgan fingerprint density at radius 1 is 1.48 bits per heavy atom. The molecule has 0 fully saturated rings. The number of amides is 1. The van der Waals surface area contributed by atoms with E-state index in [4.69, 9.17) is 11.6 Å². The van der Waals surface area contributed by atoms with E-state index in [1.165, 1.54) is 0 Å². The van der Waals surface area contributed by atoms with Crippen LogP contribution in [0.4, 0.5) is 5.69 Å². The van der Waals surface area contributed by atoms with Crippen molar-refractivity contribution < 1.29 is 4.79 Å². The predicted octanol–water partition coefficient (Wildman–Crippen LogP) is 3.23. The third-order valence-electron chi connectivity index (χ3n) is 3.19. The Balaban J connectivity index is 1.83. The van der Waals surface area contributed by atoms with Crippen LogP contribution in [0.15, 0.2) is 41.6 Å². The van der Waals surface area contributed by atoms with E-state index in [-0.39, 0.29) is 5.91 Å². The number of nitrogens with zero attached hydrogens (tertiary/aromatic N) is 3. The van der Waals surface area contributed by atoms with Gasteiger partial charge in [-0.1, -0.05) is 11.6 Å². The molecule has 108 valence electrons. The Morgan fingerprint density at radius 2 is 2.33 bits per heavy atom. The number of anilines is 1. The highest BCUT2D eigenvalue weighted by Crippen LogP contribution is 2.36. The van der Waals surface area contributed by atoms with Gasteiger partial charge in [0.25, 0.3) is 5.91 Å². The molecule has 1 amide bonds. The standard InChI is InChI=1S/C15H14ClN3OS/c1-18-10-11(9-17-18)2-5-15(20)19-6-7-21-14-4-3-12(16)8-13(14)19/h2-5,8-10H,6-7H2,1H3/b5-2+. The number of thioether (sulfide) groups is 1. The lowest BCUT2D eigenvalue weighted by Gasteiger charge is -2.28. The zero-order chi connectivity index (χ0) is 14.8. The molecule has 3 rings (SSSR count). The van der Waals surface area contributed by atoms with E-state index in [0.717, 1.165) is 21.9 Å². The molecule has 21 heavy (non-hydrogen) atoms. The van der Waals surface area contributed by atoms with Crippen molar-refractivity contribution in [2.24, 2.45) is 7.05 Å². The molecule has 0 atom stereocenters. The minimum absolute atomic E-state index is 0.0392. The molecule has 1 aliphatic rings. The Labute approximate surface area is 132 Å². The number of hydrogen-bond donors (Lipinski definition) is 0. The van der Waals surface area contributed by atoms with E-state index in [9.17, 15) is 4.79 Å². The lowest BCUT2D eigenvalue weighted by Crippen LogP contribution is -2.34. The monoisotopic (exact) mass is 319 g/mol. The van der Waals surface area contributed by atoms with Gasteiger partial charge in [-0.15, -0.1) is 11.8 Å². The Hall–Kier alpha value is -1.72. The molecule has 0 aliphatic carbocycles. The summed E-state index contributed by atoms with van der Waals surface area (Å²) >= 11 is 7.79. The van der Waals surface area contributed by atoms with Gasteiger partial charge in [0, 0.05) is 47.1 Å². The van der Waals surface area contributed by atoms with E-state index >= 15 is 0 Å². The first-order valence-corrected chi connectivity index (χ1v) is 7.90. The van der Waals surface area contributed by atoms with Crippen molar-refractivity contribution >= 4 is 41.0 Å². The maximum absolute atomic E-state index is 12.4. The normalized spacial score (nSPS) is 14.5. The van der Waals surface area contributed by atoms with Gasteiger partial charge in [-0.2, -0.15) is 5.10 Å². The number of fused-ring (bicyclic) bond motifs is 1. The predicted molar refractivity (Wildman–Crippen MR) is 86.8 cm³/mol. The van der Waals surface area contributed by atoms with Crippen LogP contribution in [0.3, 0.4) is 0 Å². The molecule has 0 saturated carbocycles. The van der Waals surface area contributed by atoms with Crippen LogP contribution >= 0.6 is 23.4 Å². The maximum Gasteiger partial charge on any atom is 0.251 e. The van der Waals surface area contributed by atoms with Crippen LogP contribution < -0.4 is 4.90 Å². The van der Waals surface area contributed by atoms with Gasteiger partial charge in [0.2, 0.25) is 0 Å². The summed E-state index contributed by atoms with van der Waals surface area (Å²) in [6.45, 7) is 0.689. The first kappa shape index (κ1) is 14.2. The molecule has 1 aromatic carbocycles. The van der Waals surface area contributed by atoms with Crippen LogP contribution in [-0.4, -0.2) is 28.0 Å². The fraction of sp³-hybridized carbons (Fsp3) is 0.200. The second-order valence-corrected chi connectivity index (χ2v) is 6.30. The first-order valence-electron chi connectivity index (χ1n) is 6.54. The van der Waals surface area contributed by atoms with Gasteiger partial charge in [-0.05, 0) is 24.3 Å². The van der Waals surface area contributed by atoms with E-state index in [1.807, 2.05) is 31.4 Å². The van der Waals surface area contributed by atoms with Crippen LogP contribution in [0.1, 0.15) is 5.56 Å². The zero-order valence-electron chi connectivity index (χ0n) is 11.5. The molecule has 0 spiro atoms. The smallest absolute Gasteiger partial charge is 0.251 e. The summed E-state index contributed by atoms with van der Waals surface area (Å²) in [4.78, 5) is 15.3. The molecule has 2 aromatic rings. The van der Waals surface area contributed by atoms with E-state index in [1.54, 1.807) is 39.7 Å². The van der Waals surface area contributed by atoms with E-state index in [2.05, 4.69) is 5.10 Å². The summed E-state index contributed by atoms with van der Waals surface area (Å²) in [5, 5.41) is 4.72. The first-order chi connectivity index (χ1) is 10.1. The minimum Gasteiger partial charge on any atom is -0.307 e. The zero-order valence-corrected chi connectivity index (χ0v) is 13.1. The fourth-order valence-electron chi connectivity index (χ4n) is 2.20. The fourth-order valence-corrected chi connectivity index (χ4v) is 3.34. The van der Waals surface area contributed by atoms with Crippen LogP contribution in [0.25, 0.3) is 6.08 Å². The molecule has 1 aliphatic heterocycles. The van der Waals surface area contributed by atoms with Gasteiger partial charge >= 0.3 is 0 Å². The Kier molecular flexibility index (Phi) is 4.03. The maximum atomic E-state index is 12.4. The molecule has 0 saturated heterocycles. The van der Waals surface area contributed by atoms with Gasteiger partial charge in [0.1, 0.15) is 0 Å². The van der Waals surface area contributed by atoms with E-state index in [0.29, 0.717) is 11.6 Å². The van der Waals surface area contributed by atoms with Crippen molar-refractivity contribution in [1.82, 2.24) is 9.78 Å². The number of hydrogen-bond acceptors (Lipinski definition) is 3. The number of carbonyl (C=O) groups is 1. The van der Waals surface area contributed by atoms with Crippen LogP contribution in [0.2, 0.25) is 5.02 Å². The highest BCUT2D eigenvalue weighted by molar-refractivity contribution is 7.99. The number of aromatic nitrogens is 2. The lowest BCUT2D eigenvalue weighted by atomic mass is 10.2. The van der Waals surface area contributed by atoms with Gasteiger partial charge in [-0.3, -0.25) is 9.48 Å². The average molecular weight is 320 g/mol. The quantitative estimate of drug-likeness (QED) is 0.798. The second kappa shape index (κ2) is 5.95. The SMILES string of the molecule is Cn1cc(/C=C/C(=O)N2CCSc3ccc(Cl)cc32)cn1. The van der Waals surface area contributed by atoms with Crippen molar-refractivity contribution in [1.29, 1.82) is 0 Å². The van der Waals surface area contributed by atoms with Crippen molar-refractivity contribution in [3.05, 3.63) is 47.3 Å². The molecule has 6 heteroatoms. The highest BCUT2D eigenvalue weighted by Gasteiger charge is 2.21. The third-order valence-corrected chi connectivity index (χ3v) is 4.47. The van der Waals surface area contributed by atoms with Crippen molar-refractivity contribution in [3.63, 3.8) is 0 Å². The van der Waals surface area contributed by atoms with Gasteiger partial charge in [0.05, 0.1) is 11.9 Å². The molecule has 1 aromatic heterocycles. The topological polar surface area (TPSA) is 38.1 Å². The van der Waals surface area contributed by atoms with Crippen molar-refractivity contribution in [3.8, 4) is 0 Å². The molecule has 0 radical (unpaired) electrons. The van der Waals surface area contributed by atoms with Gasteiger partial charge in [-0.25, -0.2) is 0 Å². The number of aryl methyl sites for hydroxylation is 1. The summed E-state index contributed by atoms with van der Waals surface area (Å²) in [6.07, 6.45) is 6.94. The van der Waals surface area contributed by atoms with Gasteiger partial charge in [0.15, 0.2) is 0 Å². The Morgan fingerprint density at radius 3 is 3.10 bits per heavy atom. The molecular formula is C15H14ClN3OS. The van der Waals surface area contributed by atoms with Crippen LogP contribution in [-0.2, 0) is 11.8 Å². The summed E-state index contributed by atoms with van der Waals surface area (Å²) in [5.74, 6) is 0.851. The van der Waals surface area contributed by atoms with Crippen molar-refractivity contribution in [2.75, 3.05) is 17.2 Å². The molecule has 0 N–H and O–H groups in total. The number of carbonyl (C=O) groups excluding carboxylic acids is 1. The highest BCUT2D eigenvalue weighted by atomic mass is 35.5. The summed E-state index contributed by atoms with van der Waals surface area (Å²) in [6, 6.07) is 5.66. The largest absolute Gasteiger partial charge is 0.307 e. The van der Waals surface area contributed by atoms with Gasteiger partial charge < -0.3 is 4.90 Å². The molecule has 0 unspecified atom stereocenters. The third kappa shape index (κ3) is 3.14. The Bertz CT molecular complexity index is 711. The minimum atomic E-state index is -0.0392. The summed E-state index contributed by atoms with van der Waals surface area (Å²) in [5.41, 5.74) is 1.79. The molecular weight excluding hydrogens is 306 g/mol. The van der Waals surface area contributed by atoms with Crippen LogP contribution in [0.5, 0.6) is 0 Å². The second-order valence-electron chi connectivity index (χ2n) is 4.73. The molecule has 4 nitrogen and oxygen atoms in total. The number of benzene rings is 1. The van der Waals surface area contributed by atoms with Crippen LogP contribution in [0, 0.1) is 0 Å². The van der Waals surface area contributed by atoms with E-state index < -0.39 is 0 Å². The molecule has 0 bridgehead atoms. The molecule has 2 heterocycles. The summed E-state index contributed by atoms with van der Waals surface area (Å²) < 4.78 is 1.71. The lowest BCUT2D eigenvalue weighted by molar-refractivity contribution is -0.114. The van der Waals surface area contributed by atoms with Crippen molar-refractivity contribution in [2.45, 2.75) is 4.90 Å².